The predicted molar refractivity (Wildman–Crippen MR) is 121 cm³/mol. The number of hydrogen-bond donors (Lipinski definition) is 2. The SMILES string of the molecule is CC1(C)COc2c(-c3ccccc3)nc3c(sc4ncc(NCCCO)nc43)c2C1. The lowest BCUT2D eigenvalue weighted by Crippen LogP contribution is -2.29. The van der Waals surface area contributed by atoms with Gasteiger partial charge in [0.1, 0.15) is 33.1 Å². The number of fused-ring (bicyclic) bond motifs is 5. The number of rotatable bonds is 5. The van der Waals surface area contributed by atoms with Crippen LogP contribution in [0.15, 0.2) is 36.5 Å². The quantitative estimate of drug-likeness (QED) is 0.457. The zero-order valence-corrected chi connectivity index (χ0v) is 17.9. The number of ether oxygens (including phenoxy) is 1. The lowest BCUT2D eigenvalue weighted by atomic mass is 9.84. The Labute approximate surface area is 179 Å². The third kappa shape index (κ3) is 3.38. The second kappa shape index (κ2) is 7.49. The summed E-state index contributed by atoms with van der Waals surface area (Å²) in [6, 6.07) is 10.2. The molecule has 1 aliphatic rings. The van der Waals surface area contributed by atoms with Crippen molar-refractivity contribution in [3.05, 3.63) is 42.1 Å². The molecule has 154 valence electrons. The molecule has 4 heterocycles. The Hall–Kier alpha value is -2.77. The molecule has 0 amide bonds. The number of benzene rings is 1. The van der Waals surface area contributed by atoms with Crippen molar-refractivity contribution in [1.82, 2.24) is 15.0 Å². The highest BCUT2D eigenvalue weighted by atomic mass is 32.1. The highest BCUT2D eigenvalue weighted by Crippen LogP contribution is 2.46. The first kappa shape index (κ1) is 19.2. The lowest BCUT2D eigenvalue weighted by molar-refractivity contribution is 0.156. The van der Waals surface area contributed by atoms with E-state index in [0.29, 0.717) is 25.4 Å². The summed E-state index contributed by atoms with van der Waals surface area (Å²) >= 11 is 1.63. The van der Waals surface area contributed by atoms with Gasteiger partial charge in [0.15, 0.2) is 0 Å². The van der Waals surface area contributed by atoms with Crippen molar-refractivity contribution in [2.75, 3.05) is 25.1 Å². The van der Waals surface area contributed by atoms with E-state index in [1.807, 2.05) is 18.2 Å². The predicted octanol–water partition coefficient (Wildman–Crippen LogP) is 4.66. The molecule has 0 saturated carbocycles. The van der Waals surface area contributed by atoms with E-state index in [9.17, 15) is 0 Å². The van der Waals surface area contributed by atoms with Crippen LogP contribution >= 0.6 is 11.3 Å². The fourth-order valence-corrected chi connectivity index (χ4v) is 4.93. The monoisotopic (exact) mass is 420 g/mol. The van der Waals surface area contributed by atoms with Gasteiger partial charge in [0, 0.05) is 29.7 Å². The van der Waals surface area contributed by atoms with Gasteiger partial charge in [0.2, 0.25) is 0 Å². The van der Waals surface area contributed by atoms with Crippen molar-refractivity contribution in [3.8, 4) is 17.0 Å². The van der Waals surface area contributed by atoms with E-state index in [2.05, 4.69) is 36.3 Å². The molecule has 6 nitrogen and oxygen atoms in total. The van der Waals surface area contributed by atoms with E-state index in [0.717, 1.165) is 44.0 Å². The average Bonchev–Trinajstić information content (AvgIpc) is 3.12. The highest BCUT2D eigenvalue weighted by Gasteiger charge is 2.32. The second-order valence-electron chi connectivity index (χ2n) is 8.46. The van der Waals surface area contributed by atoms with Gasteiger partial charge in [-0.25, -0.2) is 15.0 Å². The van der Waals surface area contributed by atoms with Crippen LogP contribution < -0.4 is 10.1 Å². The Morgan fingerprint density at radius 3 is 2.80 bits per heavy atom. The first-order valence-electron chi connectivity index (χ1n) is 10.2. The number of aromatic nitrogens is 3. The molecule has 0 spiro atoms. The van der Waals surface area contributed by atoms with Gasteiger partial charge >= 0.3 is 0 Å². The summed E-state index contributed by atoms with van der Waals surface area (Å²) in [5.41, 5.74) is 4.87. The Bertz CT molecular complexity index is 1220. The third-order valence-corrected chi connectivity index (χ3v) is 6.45. The maximum absolute atomic E-state index is 9.02. The van der Waals surface area contributed by atoms with Crippen molar-refractivity contribution >= 4 is 37.7 Å². The van der Waals surface area contributed by atoms with Gasteiger partial charge in [-0.15, -0.1) is 11.3 Å². The fraction of sp³-hybridized carbons (Fsp3) is 0.348. The molecule has 7 heteroatoms. The summed E-state index contributed by atoms with van der Waals surface area (Å²) in [6.07, 6.45) is 3.34. The van der Waals surface area contributed by atoms with Crippen LogP contribution in [-0.4, -0.2) is 39.8 Å². The molecule has 0 bridgehead atoms. The van der Waals surface area contributed by atoms with Crippen molar-refractivity contribution in [2.45, 2.75) is 26.7 Å². The topological polar surface area (TPSA) is 80.2 Å². The van der Waals surface area contributed by atoms with E-state index >= 15 is 0 Å². The summed E-state index contributed by atoms with van der Waals surface area (Å²) in [5, 5.41) is 12.3. The zero-order chi connectivity index (χ0) is 20.7. The number of thiophene rings is 1. The van der Waals surface area contributed by atoms with Crippen LogP contribution in [0.25, 0.3) is 31.8 Å². The van der Waals surface area contributed by atoms with Crippen LogP contribution in [0.2, 0.25) is 0 Å². The van der Waals surface area contributed by atoms with E-state index in [4.69, 9.17) is 19.8 Å². The van der Waals surface area contributed by atoms with E-state index in [1.165, 1.54) is 5.56 Å². The smallest absolute Gasteiger partial charge is 0.150 e. The van der Waals surface area contributed by atoms with Crippen LogP contribution in [0.3, 0.4) is 0 Å². The fourth-order valence-electron chi connectivity index (χ4n) is 3.86. The molecule has 2 N–H and O–H groups in total. The molecular weight excluding hydrogens is 396 g/mol. The molecule has 1 aromatic carbocycles. The lowest BCUT2D eigenvalue weighted by Gasteiger charge is -2.32. The number of nitrogens with zero attached hydrogens (tertiary/aromatic N) is 3. The summed E-state index contributed by atoms with van der Waals surface area (Å²) in [7, 11) is 0. The van der Waals surface area contributed by atoms with Crippen LogP contribution in [-0.2, 0) is 6.42 Å². The van der Waals surface area contributed by atoms with Crippen molar-refractivity contribution in [1.29, 1.82) is 0 Å². The largest absolute Gasteiger partial charge is 0.490 e. The minimum absolute atomic E-state index is 0.0588. The molecule has 5 rings (SSSR count). The highest BCUT2D eigenvalue weighted by molar-refractivity contribution is 7.25. The Morgan fingerprint density at radius 1 is 1.17 bits per heavy atom. The van der Waals surface area contributed by atoms with Crippen LogP contribution in [0.1, 0.15) is 25.8 Å². The third-order valence-electron chi connectivity index (χ3n) is 5.31. The van der Waals surface area contributed by atoms with Gasteiger partial charge in [-0.05, 0) is 12.8 Å². The van der Waals surface area contributed by atoms with Crippen LogP contribution in [0.4, 0.5) is 5.82 Å². The van der Waals surface area contributed by atoms with Gasteiger partial charge in [-0.3, -0.25) is 0 Å². The molecule has 0 unspecified atom stereocenters. The van der Waals surface area contributed by atoms with Gasteiger partial charge in [0.25, 0.3) is 0 Å². The minimum Gasteiger partial charge on any atom is -0.490 e. The molecule has 0 radical (unpaired) electrons. The van der Waals surface area contributed by atoms with Crippen molar-refractivity contribution in [3.63, 3.8) is 0 Å². The number of aliphatic hydroxyl groups excluding tert-OH is 1. The summed E-state index contributed by atoms with van der Waals surface area (Å²) in [6.45, 7) is 5.94. The molecule has 0 aliphatic carbocycles. The van der Waals surface area contributed by atoms with Gasteiger partial charge in [-0.1, -0.05) is 44.2 Å². The number of pyridine rings is 1. The van der Waals surface area contributed by atoms with Gasteiger partial charge in [0.05, 0.1) is 17.5 Å². The number of hydrogen-bond acceptors (Lipinski definition) is 7. The van der Waals surface area contributed by atoms with Gasteiger partial charge in [-0.2, -0.15) is 0 Å². The molecule has 0 fully saturated rings. The first-order valence-corrected chi connectivity index (χ1v) is 11.0. The standard InChI is InChI=1S/C23H24N4O2S/c1-23(2)11-15-20(29-13-23)17(14-7-4-3-5-8-14)27-18-19-22(30-21(15)18)25-12-16(26-19)24-9-6-10-28/h3-5,7-8,12,28H,6,9-11,13H2,1-2H3,(H,24,26). The summed E-state index contributed by atoms with van der Waals surface area (Å²) in [5.74, 6) is 1.59. The molecule has 0 atom stereocenters. The molecule has 30 heavy (non-hydrogen) atoms. The van der Waals surface area contributed by atoms with E-state index in [1.54, 1.807) is 17.5 Å². The normalized spacial score (nSPS) is 15.2. The second-order valence-corrected chi connectivity index (χ2v) is 9.46. The van der Waals surface area contributed by atoms with E-state index in [-0.39, 0.29) is 12.0 Å². The minimum atomic E-state index is 0.0588. The Kier molecular flexibility index (Phi) is 4.79. The maximum atomic E-state index is 9.02. The number of nitrogens with one attached hydrogen (secondary N) is 1. The Balaban J connectivity index is 1.74. The maximum Gasteiger partial charge on any atom is 0.150 e. The van der Waals surface area contributed by atoms with Crippen molar-refractivity contribution in [2.24, 2.45) is 5.41 Å². The van der Waals surface area contributed by atoms with Crippen molar-refractivity contribution < 1.29 is 9.84 Å². The first-order chi connectivity index (χ1) is 14.6. The average molecular weight is 421 g/mol. The number of anilines is 1. The summed E-state index contributed by atoms with van der Waals surface area (Å²) in [4.78, 5) is 15.4. The van der Waals surface area contributed by atoms with Crippen LogP contribution in [0, 0.1) is 5.41 Å². The summed E-state index contributed by atoms with van der Waals surface area (Å²) < 4.78 is 7.40. The molecule has 0 saturated heterocycles. The molecule has 4 aromatic rings. The Morgan fingerprint density at radius 2 is 2.00 bits per heavy atom. The zero-order valence-electron chi connectivity index (χ0n) is 17.1. The number of aliphatic hydroxyl groups is 1. The molecule has 3 aromatic heterocycles. The van der Waals surface area contributed by atoms with Gasteiger partial charge < -0.3 is 15.2 Å². The molecular formula is C23H24N4O2S. The van der Waals surface area contributed by atoms with Crippen LogP contribution in [0.5, 0.6) is 5.75 Å². The van der Waals surface area contributed by atoms with E-state index < -0.39 is 0 Å². The molecule has 1 aliphatic heterocycles.